The van der Waals surface area contributed by atoms with Crippen LogP contribution < -0.4 is 15.4 Å². The lowest BCUT2D eigenvalue weighted by atomic mass is 9.83. The van der Waals surface area contributed by atoms with E-state index < -0.39 is 40.1 Å². The summed E-state index contributed by atoms with van der Waals surface area (Å²) in [6.07, 6.45) is 8.99. The summed E-state index contributed by atoms with van der Waals surface area (Å²) in [6.45, 7) is 4.18. The van der Waals surface area contributed by atoms with E-state index in [2.05, 4.69) is 20.3 Å². The summed E-state index contributed by atoms with van der Waals surface area (Å²) in [5, 5.41) is 27.7. The summed E-state index contributed by atoms with van der Waals surface area (Å²) in [4.78, 5) is 29.2. The molecular weight excluding hydrogens is 570 g/mol. The Morgan fingerprint density at radius 2 is 1.84 bits per heavy atom. The first-order chi connectivity index (χ1) is 20.6. The average molecular weight is 620 g/mol. The van der Waals surface area contributed by atoms with Crippen LogP contribution in [-0.2, 0) is 27.7 Å². The summed E-state index contributed by atoms with van der Waals surface area (Å²) in [5.74, 6) is -0.569. The van der Waals surface area contributed by atoms with Crippen LogP contribution in [0.15, 0.2) is 42.9 Å². The molecule has 4 atom stereocenters. The molecule has 1 aromatic carbocycles. The molecule has 3 rings (SSSR count). The number of aliphatic hydroxyl groups is 2. The Balaban J connectivity index is 1.56. The molecule has 1 unspecified atom stereocenters. The number of unbranched alkanes of at least 4 members (excludes halogenated alkanes) is 1. The molecular formula is C31H49N5O6S. The van der Waals surface area contributed by atoms with E-state index in [0.29, 0.717) is 43.8 Å². The molecule has 0 spiro atoms. The number of nitrogens with zero attached hydrogens (tertiary/aromatic N) is 2. The number of carbonyl (C=O) groups is 2. The minimum Gasteiger partial charge on any atom is -0.389 e. The number of aryl methyl sites for hydroxylation is 1. The zero-order valence-electron chi connectivity index (χ0n) is 25.5. The van der Waals surface area contributed by atoms with E-state index in [1.165, 1.54) is 17.3 Å². The van der Waals surface area contributed by atoms with Gasteiger partial charge in [0, 0.05) is 37.7 Å². The van der Waals surface area contributed by atoms with Gasteiger partial charge < -0.3 is 15.5 Å². The second-order valence-electron chi connectivity index (χ2n) is 11.8. The van der Waals surface area contributed by atoms with Crippen LogP contribution in [0.5, 0.6) is 0 Å². The number of benzene rings is 1. The normalized spacial score (nSPS) is 17.2. The van der Waals surface area contributed by atoms with E-state index in [1.807, 2.05) is 44.2 Å². The van der Waals surface area contributed by atoms with Gasteiger partial charge in [-0.3, -0.25) is 14.7 Å². The fraction of sp³-hybridized carbons (Fsp3) is 0.645. The smallest absolute Gasteiger partial charge is 0.333 e. The number of hydrogen-bond acceptors (Lipinski definition) is 8. The molecule has 1 saturated carbocycles. The molecule has 1 aromatic heterocycles. The molecule has 0 saturated heterocycles. The van der Waals surface area contributed by atoms with E-state index in [9.17, 15) is 28.2 Å². The second kappa shape index (κ2) is 17.6. The van der Waals surface area contributed by atoms with Crippen LogP contribution >= 0.6 is 0 Å². The summed E-state index contributed by atoms with van der Waals surface area (Å²) in [7, 11) is -3.74. The lowest BCUT2D eigenvalue weighted by molar-refractivity contribution is -0.119. The number of carbonyl (C=O) groups excluding carboxylic acids is 2. The Morgan fingerprint density at radius 3 is 2.53 bits per heavy atom. The molecule has 1 fully saturated rings. The molecule has 11 nitrogen and oxygen atoms in total. The Kier molecular flexibility index (Phi) is 14.3. The predicted molar refractivity (Wildman–Crippen MR) is 166 cm³/mol. The van der Waals surface area contributed by atoms with Crippen LogP contribution in [-0.4, -0.2) is 76.7 Å². The minimum absolute atomic E-state index is 0.185. The van der Waals surface area contributed by atoms with Gasteiger partial charge in [-0.2, -0.15) is 0 Å². The molecule has 0 bridgehead atoms. The topological polar surface area (TPSA) is 163 Å². The van der Waals surface area contributed by atoms with Gasteiger partial charge in [0.1, 0.15) is 6.33 Å². The van der Waals surface area contributed by atoms with E-state index in [4.69, 9.17) is 0 Å². The van der Waals surface area contributed by atoms with Crippen molar-refractivity contribution in [3.05, 3.63) is 54.1 Å². The van der Waals surface area contributed by atoms with Gasteiger partial charge in [-0.25, -0.2) is 22.9 Å². The first kappa shape index (κ1) is 34.8. The van der Waals surface area contributed by atoms with Gasteiger partial charge in [0.15, 0.2) is 0 Å². The Bertz CT molecular complexity index is 1230. The van der Waals surface area contributed by atoms with Crippen molar-refractivity contribution in [2.75, 3.05) is 12.3 Å². The van der Waals surface area contributed by atoms with Crippen molar-refractivity contribution in [1.82, 2.24) is 24.9 Å². The molecule has 5 N–H and O–H groups in total. The van der Waals surface area contributed by atoms with E-state index in [0.717, 1.165) is 37.7 Å². The Morgan fingerprint density at radius 1 is 1.12 bits per heavy atom. The van der Waals surface area contributed by atoms with Crippen molar-refractivity contribution >= 4 is 22.0 Å². The molecule has 1 heterocycles. The maximum atomic E-state index is 12.6. The van der Waals surface area contributed by atoms with Gasteiger partial charge in [-0.1, -0.05) is 75.8 Å². The molecule has 0 aliphatic heterocycles. The summed E-state index contributed by atoms with van der Waals surface area (Å²) in [5.41, 5.74) is 1.63. The number of imidazole rings is 1. The highest BCUT2D eigenvalue weighted by Crippen LogP contribution is 2.28. The van der Waals surface area contributed by atoms with Crippen molar-refractivity contribution in [3.63, 3.8) is 0 Å². The predicted octanol–water partition coefficient (Wildman–Crippen LogP) is 2.90. The third-order valence-electron chi connectivity index (χ3n) is 7.98. The molecule has 1 aliphatic carbocycles. The summed E-state index contributed by atoms with van der Waals surface area (Å²) in [6, 6.07) is 8.27. The van der Waals surface area contributed by atoms with Crippen LogP contribution in [0.2, 0.25) is 0 Å². The number of nitrogens with one attached hydrogen (secondary N) is 3. The van der Waals surface area contributed by atoms with Crippen molar-refractivity contribution in [2.24, 2.45) is 5.92 Å². The lowest BCUT2D eigenvalue weighted by Crippen LogP contribution is -2.53. The van der Waals surface area contributed by atoms with Crippen LogP contribution in [0.25, 0.3) is 0 Å². The quantitative estimate of drug-likeness (QED) is 0.169. The summed E-state index contributed by atoms with van der Waals surface area (Å²) < 4.78 is 28.6. The van der Waals surface area contributed by atoms with Crippen molar-refractivity contribution < 1.29 is 28.2 Å². The SMILES string of the molecule is CCCCNS(=O)(=O)C[C@@H](O)[C@H](O)[C@H](CC1CCCCC1)NC(C)Cc1cn(C(=O)NC(=O)CCc2ccccc2)cn1. The van der Waals surface area contributed by atoms with Crippen LogP contribution in [0.4, 0.5) is 4.79 Å². The molecule has 2 aromatic rings. The van der Waals surface area contributed by atoms with Gasteiger partial charge in [0.2, 0.25) is 15.9 Å². The third kappa shape index (κ3) is 12.5. The number of aliphatic hydroxyl groups excluding tert-OH is 2. The highest BCUT2D eigenvalue weighted by Gasteiger charge is 2.33. The van der Waals surface area contributed by atoms with Gasteiger partial charge >= 0.3 is 6.03 Å². The number of aromatic nitrogens is 2. The second-order valence-corrected chi connectivity index (χ2v) is 13.7. The average Bonchev–Trinajstić information content (AvgIpc) is 3.44. The maximum absolute atomic E-state index is 12.6. The number of amides is 2. The zero-order chi connectivity index (χ0) is 31.2. The monoisotopic (exact) mass is 619 g/mol. The molecule has 0 radical (unpaired) electrons. The van der Waals surface area contributed by atoms with Gasteiger partial charge in [0.25, 0.3) is 0 Å². The molecule has 12 heteroatoms. The molecule has 43 heavy (non-hydrogen) atoms. The van der Waals surface area contributed by atoms with Crippen molar-refractivity contribution in [3.8, 4) is 0 Å². The standard InChI is InChI=1S/C31H49N5O6S/c1-3-4-17-33-43(41,42)21-28(37)30(39)27(19-25-13-9-6-10-14-25)34-23(2)18-26-20-36(22-32-26)31(40)35-29(38)16-15-24-11-7-5-8-12-24/h5,7-8,11-12,20,22-23,25,27-28,30,33-34,37,39H,3-4,6,9-10,13-19,21H2,1-2H3,(H,35,38,40)/t23?,27-,28+,30+/m0/s1. The van der Waals surface area contributed by atoms with Crippen LogP contribution in [0, 0.1) is 5.92 Å². The fourth-order valence-electron chi connectivity index (χ4n) is 5.61. The lowest BCUT2D eigenvalue weighted by Gasteiger charge is -2.34. The highest BCUT2D eigenvalue weighted by molar-refractivity contribution is 7.89. The van der Waals surface area contributed by atoms with Crippen molar-refractivity contribution in [1.29, 1.82) is 0 Å². The van der Waals surface area contributed by atoms with E-state index in [1.54, 1.807) is 6.20 Å². The van der Waals surface area contributed by atoms with E-state index >= 15 is 0 Å². The Hall–Kier alpha value is -2.64. The first-order valence-electron chi connectivity index (χ1n) is 15.6. The Labute approximate surface area is 255 Å². The molecule has 240 valence electrons. The summed E-state index contributed by atoms with van der Waals surface area (Å²) >= 11 is 0. The molecule has 1 aliphatic rings. The maximum Gasteiger partial charge on any atom is 0.333 e. The first-order valence-corrected chi connectivity index (χ1v) is 17.2. The minimum atomic E-state index is -3.74. The van der Waals surface area contributed by atoms with Gasteiger partial charge in [-0.05, 0) is 37.7 Å². The van der Waals surface area contributed by atoms with Gasteiger partial charge in [0.05, 0.1) is 23.7 Å². The largest absolute Gasteiger partial charge is 0.389 e. The number of imide groups is 1. The number of sulfonamides is 1. The van der Waals surface area contributed by atoms with Crippen LogP contribution in [0.1, 0.15) is 82.9 Å². The van der Waals surface area contributed by atoms with Crippen molar-refractivity contribution in [2.45, 2.75) is 109 Å². The van der Waals surface area contributed by atoms with Crippen LogP contribution in [0.3, 0.4) is 0 Å². The highest BCUT2D eigenvalue weighted by atomic mass is 32.2. The van der Waals surface area contributed by atoms with Gasteiger partial charge in [-0.15, -0.1) is 0 Å². The number of rotatable bonds is 17. The zero-order valence-corrected chi connectivity index (χ0v) is 26.3. The number of hydrogen-bond donors (Lipinski definition) is 5. The molecule has 2 amide bonds. The third-order valence-corrected chi connectivity index (χ3v) is 9.40. The fourth-order valence-corrected chi connectivity index (χ4v) is 6.83. The van der Waals surface area contributed by atoms with E-state index in [-0.39, 0.29) is 18.4 Å².